The van der Waals surface area contributed by atoms with E-state index < -0.39 is 5.76 Å². The number of piperazine rings is 1. The predicted octanol–water partition coefficient (Wildman–Crippen LogP) is 1.48. The van der Waals surface area contributed by atoms with Crippen molar-refractivity contribution in [2.45, 2.75) is 13.8 Å². The summed E-state index contributed by atoms with van der Waals surface area (Å²) in [6, 6.07) is 3.64. The number of hydrogen-bond acceptors (Lipinski definition) is 5. The Kier molecular flexibility index (Phi) is 3.63. The Morgan fingerprint density at radius 1 is 1.29 bits per heavy atom. The SMILES string of the molecule is CC(C)CN1CCN(c2cc3[nH]c(=O)oc3cc2N)CC1. The van der Waals surface area contributed by atoms with E-state index in [1.807, 2.05) is 6.07 Å². The molecule has 0 aliphatic carbocycles. The molecule has 6 nitrogen and oxygen atoms in total. The fraction of sp³-hybridized carbons (Fsp3) is 0.533. The highest BCUT2D eigenvalue weighted by Crippen LogP contribution is 2.28. The highest BCUT2D eigenvalue weighted by molar-refractivity contribution is 5.85. The molecule has 0 saturated carbocycles. The van der Waals surface area contributed by atoms with E-state index in [0.717, 1.165) is 38.4 Å². The molecule has 0 radical (unpaired) electrons. The van der Waals surface area contributed by atoms with Crippen LogP contribution < -0.4 is 16.4 Å². The summed E-state index contributed by atoms with van der Waals surface area (Å²) in [4.78, 5) is 18.7. The lowest BCUT2D eigenvalue weighted by atomic mass is 10.1. The molecule has 1 fully saturated rings. The zero-order chi connectivity index (χ0) is 15.0. The largest absolute Gasteiger partial charge is 0.417 e. The number of H-pyrrole nitrogens is 1. The number of aromatic amines is 1. The van der Waals surface area contributed by atoms with Gasteiger partial charge in [-0.15, -0.1) is 0 Å². The second kappa shape index (κ2) is 5.44. The number of aromatic nitrogens is 1. The van der Waals surface area contributed by atoms with Crippen molar-refractivity contribution in [3.63, 3.8) is 0 Å². The minimum Gasteiger partial charge on any atom is -0.408 e. The number of fused-ring (bicyclic) bond motifs is 1. The van der Waals surface area contributed by atoms with Gasteiger partial charge in [0.15, 0.2) is 5.58 Å². The normalized spacial score (nSPS) is 17.0. The fourth-order valence-electron chi connectivity index (χ4n) is 2.96. The summed E-state index contributed by atoms with van der Waals surface area (Å²) in [6.45, 7) is 9.60. The van der Waals surface area contributed by atoms with Gasteiger partial charge < -0.3 is 15.1 Å². The maximum atomic E-state index is 11.3. The van der Waals surface area contributed by atoms with E-state index in [-0.39, 0.29) is 0 Å². The lowest BCUT2D eigenvalue weighted by Crippen LogP contribution is -2.47. The van der Waals surface area contributed by atoms with Crippen molar-refractivity contribution < 1.29 is 4.42 Å². The number of nitrogen functional groups attached to an aromatic ring is 1. The van der Waals surface area contributed by atoms with Crippen LogP contribution in [0.1, 0.15) is 13.8 Å². The summed E-state index contributed by atoms with van der Waals surface area (Å²) in [7, 11) is 0. The molecule has 1 aromatic heterocycles. The second-order valence-electron chi connectivity index (χ2n) is 6.10. The van der Waals surface area contributed by atoms with Crippen molar-refractivity contribution in [2.75, 3.05) is 43.4 Å². The summed E-state index contributed by atoms with van der Waals surface area (Å²) < 4.78 is 5.03. The number of rotatable bonds is 3. The summed E-state index contributed by atoms with van der Waals surface area (Å²) in [5, 5.41) is 0. The Balaban J connectivity index is 1.78. The van der Waals surface area contributed by atoms with Crippen LogP contribution in [0.15, 0.2) is 21.3 Å². The van der Waals surface area contributed by atoms with Gasteiger partial charge in [0.05, 0.1) is 16.9 Å². The maximum absolute atomic E-state index is 11.3. The molecule has 3 N–H and O–H groups in total. The summed E-state index contributed by atoms with van der Waals surface area (Å²) in [6.07, 6.45) is 0. The van der Waals surface area contributed by atoms with Gasteiger partial charge in [0.25, 0.3) is 0 Å². The van der Waals surface area contributed by atoms with Gasteiger partial charge in [-0.1, -0.05) is 13.8 Å². The van der Waals surface area contributed by atoms with Crippen molar-refractivity contribution in [3.8, 4) is 0 Å². The Bertz CT molecular complexity index is 681. The van der Waals surface area contributed by atoms with E-state index in [0.29, 0.717) is 22.7 Å². The number of nitrogens with two attached hydrogens (primary N) is 1. The minimum absolute atomic E-state index is 0.441. The summed E-state index contributed by atoms with van der Waals surface area (Å²) >= 11 is 0. The lowest BCUT2D eigenvalue weighted by molar-refractivity contribution is 0.231. The molecule has 0 bridgehead atoms. The van der Waals surface area contributed by atoms with Crippen LogP contribution in [0, 0.1) is 5.92 Å². The fourth-order valence-corrected chi connectivity index (χ4v) is 2.96. The number of anilines is 2. The van der Waals surface area contributed by atoms with E-state index in [2.05, 4.69) is 28.6 Å². The Morgan fingerprint density at radius 3 is 2.67 bits per heavy atom. The molecular weight excluding hydrogens is 268 g/mol. The molecule has 1 aliphatic rings. The minimum atomic E-state index is -0.441. The monoisotopic (exact) mass is 290 g/mol. The zero-order valence-electron chi connectivity index (χ0n) is 12.6. The highest BCUT2D eigenvalue weighted by Gasteiger charge is 2.20. The van der Waals surface area contributed by atoms with Crippen LogP contribution >= 0.6 is 0 Å². The van der Waals surface area contributed by atoms with E-state index in [9.17, 15) is 4.79 Å². The van der Waals surface area contributed by atoms with E-state index in [1.165, 1.54) is 0 Å². The molecule has 114 valence electrons. The van der Waals surface area contributed by atoms with Gasteiger partial charge in [-0.2, -0.15) is 0 Å². The number of oxazole rings is 1. The topological polar surface area (TPSA) is 78.5 Å². The molecule has 1 aromatic carbocycles. The van der Waals surface area contributed by atoms with Crippen molar-refractivity contribution in [1.82, 2.24) is 9.88 Å². The number of benzene rings is 1. The summed E-state index contributed by atoms with van der Waals surface area (Å²) in [5.41, 5.74) is 8.96. The van der Waals surface area contributed by atoms with Crippen molar-refractivity contribution in [2.24, 2.45) is 5.92 Å². The van der Waals surface area contributed by atoms with Crippen LogP contribution in [0.3, 0.4) is 0 Å². The van der Waals surface area contributed by atoms with Crippen LogP contribution in [-0.2, 0) is 0 Å². The van der Waals surface area contributed by atoms with Crippen molar-refractivity contribution >= 4 is 22.5 Å². The Hall–Kier alpha value is -1.95. The first kappa shape index (κ1) is 14.0. The van der Waals surface area contributed by atoms with Crippen LogP contribution in [-0.4, -0.2) is 42.6 Å². The molecule has 3 rings (SSSR count). The van der Waals surface area contributed by atoms with Crippen LogP contribution in [0.2, 0.25) is 0 Å². The third kappa shape index (κ3) is 2.90. The average molecular weight is 290 g/mol. The Labute approximate surface area is 123 Å². The molecule has 2 heterocycles. The summed E-state index contributed by atoms with van der Waals surface area (Å²) in [5.74, 6) is 0.247. The van der Waals surface area contributed by atoms with Gasteiger partial charge in [-0.25, -0.2) is 4.79 Å². The number of nitrogens with zero attached hydrogens (tertiary/aromatic N) is 2. The molecule has 0 amide bonds. The molecule has 0 spiro atoms. The molecule has 6 heteroatoms. The molecule has 2 aromatic rings. The predicted molar refractivity (Wildman–Crippen MR) is 84.7 cm³/mol. The third-order valence-corrected chi connectivity index (χ3v) is 3.90. The van der Waals surface area contributed by atoms with E-state index >= 15 is 0 Å². The van der Waals surface area contributed by atoms with Gasteiger partial charge in [-0.05, 0) is 12.0 Å². The quantitative estimate of drug-likeness (QED) is 0.837. The number of nitrogens with one attached hydrogen (secondary N) is 1. The van der Waals surface area contributed by atoms with Gasteiger partial charge >= 0.3 is 5.76 Å². The lowest BCUT2D eigenvalue weighted by Gasteiger charge is -2.37. The standard InChI is InChI=1S/C15H22N4O2/c1-10(2)9-18-3-5-19(6-4-18)13-8-12-14(7-11(13)16)21-15(20)17-12/h7-8,10H,3-6,9,16H2,1-2H3,(H,17,20). The number of hydrogen-bond donors (Lipinski definition) is 2. The van der Waals surface area contributed by atoms with Crippen molar-refractivity contribution in [3.05, 3.63) is 22.7 Å². The molecule has 0 unspecified atom stereocenters. The van der Waals surface area contributed by atoms with Crippen LogP contribution in [0.5, 0.6) is 0 Å². The van der Waals surface area contributed by atoms with Gasteiger partial charge in [0.2, 0.25) is 0 Å². The smallest absolute Gasteiger partial charge is 0.408 e. The molecule has 0 atom stereocenters. The van der Waals surface area contributed by atoms with Crippen LogP contribution in [0.4, 0.5) is 11.4 Å². The van der Waals surface area contributed by atoms with Gasteiger partial charge in [0, 0.05) is 38.8 Å². The van der Waals surface area contributed by atoms with E-state index in [4.69, 9.17) is 10.2 Å². The maximum Gasteiger partial charge on any atom is 0.417 e. The zero-order valence-corrected chi connectivity index (χ0v) is 12.6. The first-order chi connectivity index (χ1) is 10.0. The molecular formula is C15H22N4O2. The molecule has 21 heavy (non-hydrogen) atoms. The van der Waals surface area contributed by atoms with E-state index in [1.54, 1.807) is 6.07 Å². The molecule has 1 saturated heterocycles. The Morgan fingerprint density at radius 2 is 2.00 bits per heavy atom. The van der Waals surface area contributed by atoms with Crippen molar-refractivity contribution in [1.29, 1.82) is 0 Å². The van der Waals surface area contributed by atoms with Gasteiger partial charge in [-0.3, -0.25) is 9.88 Å². The first-order valence-corrected chi connectivity index (χ1v) is 7.42. The average Bonchev–Trinajstić information content (AvgIpc) is 2.77. The third-order valence-electron chi connectivity index (χ3n) is 3.90. The first-order valence-electron chi connectivity index (χ1n) is 7.42. The van der Waals surface area contributed by atoms with Gasteiger partial charge in [0.1, 0.15) is 0 Å². The highest BCUT2D eigenvalue weighted by atomic mass is 16.4. The van der Waals surface area contributed by atoms with Crippen LogP contribution in [0.25, 0.3) is 11.1 Å². The second-order valence-corrected chi connectivity index (χ2v) is 6.10. The molecule has 1 aliphatic heterocycles.